The third-order valence-corrected chi connectivity index (χ3v) is 4.25. The Morgan fingerprint density at radius 2 is 2.08 bits per heavy atom. The van der Waals surface area contributed by atoms with Gasteiger partial charge in [0.05, 0.1) is 6.20 Å². The first-order chi connectivity index (χ1) is 11.6. The molecule has 0 bridgehead atoms. The molecule has 0 fully saturated rings. The third-order valence-electron chi connectivity index (χ3n) is 3.12. The zero-order valence-electron chi connectivity index (χ0n) is 13.2. The van der Waals surface area contributed by atoms with Crippen LogP contribution in [0.15, 0.2) is 42.9 Å². The normalized spacial score (nSPS) is 10.6. The quantitative estimate of drug-likeness (QED) is 0.739. The summed E-state index contributed by atoms with van der Waals surface area (Å²) in [5, 5.41) is 15.3. The van der Waals surface area contributed by atoms with Crippen molar-refractivity contribution in [3.05, 3.63) is 53.4 Å². The number of amides is 1. The maximum absolute atomic E-state index is 12.4. The second-order valence-corrected chi connectivity index (χ2v) is 6.36. The molecule has 0 saturated heterocycles. The molecule has 7 nitrogen and oxygen atoms in total. The molecule has 0 unspecified atom stereocenters. The molecule has 2 heterocycles. The van der Waals surface area contributed by atoms with Gasteiger partial charge < -0.3 is 5.32 Å². The standard InChI is InChI=1S/C16H16N6OS/c1-10(2)15-21-22-16(24-15)20-14(23)11-4-3-5-12(8-11)19-13-9-17-6-7-18-13/h3-10H,1-2H3,(H,18,19)(H,20,22,23). The van der Waals surface area contributed by atoms with Crippen LogP contribution in [0.2, 0.25) is 0 Å². The molecule has 122 valence electrons. The Morgan fingerprint density at radius 1 is 1.21 bits per heavy atom. The average molecular weight is 340 g/mol. The summed E-state index contributed by atoms with van der Waals surface area (Å²) in [7, 11) is 0. The van der Waals surface area contributed by atoms with Crippen molar-refractivity contribution in [3.63, 3.8) is 0 Å². The summed E-state index contributed by atoms with van der Waals surface area (Å²) in [6.45, 7) is 4.07. The Labute approximate surface area is 143 Å². The summed E-state index contributed by atoms with van der Waals surface area (Å²) >= 11 is 1.38. The van der Waals surface area contributed by atoms with Crippen LogP contribution >= 0.6 is 11.3 Å². The number of aromatic nitrogens is 4. The average Bonchev–Trinajstić information content (AvgIpc) is 3.05. The molecule has 0 saturated carbocycles. The summed E-state index contributed by atoms with van der Waals surface area (Å²) in [6.07, 6.45) is 4.81. The van der Waals surface area contributed by atoms with Gasteiger partial charge in [0, 0.05) is 29.6 Å². The van der Waals surface area contributed by atoms with Gasteiger partial charge in [-0.1, -0.05) is 31.3 Å². The van der Waals surface area contributed by atoms with E-state index in [1.807, 2.05) is 19.9 Å². The molecule has 0 radical (unpaired) electrons. The minimum absolute atomic E-state index is 0.232. The molecular weight excluding hydrogens is 324 g/mol. The molecule has 1 amide bonds. The summed E-state index contributed by atoms with van der Waals surface area (Å²) in [5.41, 5.74) is 1.27. The van der Waals surface area contributed by atoms with Gasteiger partial charge in [0.1, 0.15) is 10.8 Å². The number of hydrogen-bond donors (Lipinski definition) is 2. The summed E-state index contributed by atoms with van der Waals surface area (Å²) in [5.74, 6) is 0.665. The Balaban J connectivity index is 1.71. The van der Waals surface area contributed by atoms with Crippen LogP contribution in [0.3, 0.4) is 0 Å². The van der Waals surface area contributed by atoms with E-state index in [-0.39, 0.29) is 11.8 Å². The van der Waals surface area contributed by atoms with Gasteiger partial charge in [-0.05, 0) is 18.2 Å². The first-order valence-electron chi connectivity index (χ1n) is 7.39. The van der Waals surface area contributed by atoms with Crippen LogP contribution in [0.1, 0.15) is 35.1 Å². The minimum Gasteiger partial charge on any atom is -0.339 e. The molecular formula is C16H16N6OS. The van der Waals surface area contributed by atoms with Gasteiger partial charge in [-0.2, -0.15) is 0 Å². The number of carbonyl (C=O) groups excluding carboxylic acids is 1. The molecule has 0 spiro atoms. The molecule has 24 heavy (non-hydrogen) atoms. The number of hydrogen-bond acceptors (Lipinski definition) is 7. The molecule has 0 aliphatic carbocycles. The second kappa shape index (κ2) is 7.14. The lowest BCUT2D eigenvalue weighted by atomic mass is 10.2. The van der Waals surface area contributed by atoms with Crippen molar-refractivity contribution in [2.75, 3.05) is 10.6 Å². The second-order valence-electron chi connectivity index (χ2n) is 5.35. The summed E-state index contributed by atoms with van der Waals surface area (Å²) in [4.78, 5) is 20.5. The monoisotopic (exact) mass is 340 g/mol. The highest BCUT2D eigenvalue weighted by Crippen LogP contribution is 2.23. The molecule has 8 heteroatoms. The number of anilines is 3. The molecule has 0 aliphatic rings. The predicted molar refractivity (Wildman–Crippen MR) is 93.7 cm³/mol. The van der Waals surface area contributed by atoms with Gasteiger partial charge in [0.2, 0.25) is 5.13 Å². The van der Waals surface area contributed by atoms with E-state index in [4.69, 9.17) is 0 Å². The third kappa shape index (κ3) is 3.90. The Bertz CT molecular complexity index is 833. The van der Waals surface area contributed by atoms with E-state index in [9.17, 15) is 4.79 Å². The Morgan fingerprint density at radius 3 is 2.79 bits per heavy atom. The van der Waals surface area contributed by atoms with Crippen LogP contribution in [0, 0.1) is 0 Å². The number of nitrogens with zero attached hydrogens (tertiary/aromatic N) is 4. The van der Waals surface area contributed by atoms with E-state index in [2.05, 4.69) is 30.8 Å². The fraction of sp³-hybridized carbons (Fsp3) is 0.188. The Hall–Kier alpha value is -2.87. The Kier molecular flexibility index (Phi) is 4.76. The molecule has 3 aromatic rings. The van der Waals surface area contributed by atoms with E-state index >= 15 is 0 Å². The van der Waals surface area contributed by atoms with Crippen molar-refractivity contribution in [2.45, 2.75) is 19.8 Å². The smallest absolute Gasteiger partial charge is 0.257 e. The number of carbonyl (C=O) groups is 1. The molecule has 2 aromatic heterocycles. The highest BCUT2D eigenvalue weighted by atomic mass is 32.1. The van der Waals surface area contributed by atoms with Crippen LogP contribution in [0.25, 0.3) is 0 Å². The maximum Gasteiger partial charge on any atom is 0.257 e. The predicted octanol–water partition coefficient (Wildman–Crippen LogP) is 3.45. The van der Waals surface area contributed by atoms with Gasteiger partial charge in [-0.3, -0.25) is 15.1 Å². The number of nitrogens with one attached hydrogen (secondary N) is 2. The molecule has 0 aliphatic heterocycles. The summed E-state index contributed by atoms with van der Waals surface area (Å²) in [6, 6.07) is 7.14. The lowest BCUT2D eigenvalue weighted by Gasteiger charge is -2.07. The SMILES string of the molecule is CC(C)c1nnc(NC(=O)c2cccc(Nc3cnccn3)c2)s1. The van der Waals surface area contributed by atoms with E-state index in [0.29, 0.717) is 16.5 Å². The molecule has 0 atom stereocenters. The number of rotatable bonds is 5. The fourth-order valence-corrected chi connectivity index (χ4v) is 2.68. The molecule has 1 aromatic carbocycles. The molecule has 2 N–H and O–H groups in total. The van der Waals surface area contributed by atoms with Crippen molar-refractivity contribution in [1.29, 1.82) is 0 Å². The highest BCUT2D eigenvalue weighted by Gasteiger charge is 2.12. The topological polar surface area (TPSA) is 92.7 Å². The van der Waals surface area contributed by atoms with Crippen LogP contribution in [0.5, 0.6) is 0 Å². The lowest BCUT2D eigenvalue weighted by molar-refractivity contribution is 0.102. The summed E-state index contributed by atoms with van der Waals surface area (Å²) < 4.78 is 0. The van der Waals surface area contributed by atoms with Crippen molar-refractivity contribution in [2.24, 2.45) is 0 Å². The fourth-order valence-electron chi connectivity index (χ4n) is 1.94. The van der Waals surface area contributed by atoms with Crippen molar-refractivity contribution < 1.29 is 4.79 Å². The van der Waals surface area contributed by atoms with E-state index in [1.54, 1.807) is 36.8 Å². The van der Waals surface area contributed by atoms with E-state index < -0.39 is 0 Å². The van der Waals surface area contributed by atoms with Crippen LogP contribution < -0.4 is 10.6 Å². The first kappa shape index (κ1) is 16.0. The molecule has 3 rings (SSSR count). The van der Waals surface area contributed by atoms with Gasteiger partial charge in [-0.25, -0.2) is 4.98 Å². The van der Waals surface area contributed by atoms with Crippen molar-refractivity contribution in [1.82, 2.24) is 20.2 Å². The van der Waals surface area contributed by atoms with Crippen molar-refractivity contribution >= 4 is 33.9 Å². The van der Waals surface area contributed by atoms with Crippen LogP contribution in [-0.4, -0.2) is 26.1 Å². The van der Waals surface area contributed by atoms with E-state index in [1.165, 1.54) is 11.3 Å². The highest BCUT2D eigenvalue weighted by molar-refractivity contribution is 7.15. The van der Waals surface area contributed by atoms with Gasteiger partial charge >= 0.3 is 0 Å². The zero-order valence-corrected chi connectivity index (χ0v) is 14.0. The van der Waals surface area contributed by atoms with Gasteiger partial charge in [-0.15, -0.1) is 10.2 Å². The minimum atomic E-state index is -0.232. The van der Waals surface area contributed by atoms with Crippen molar-refractivity contribution in [3.8, 4) is 0 Å². The van der Waals surface area contributed by atoms with Gasteiger partial charge in [0.15, 0.2) is 0 Å². The van der Waals surface area contributed by atoms with E-state index in [0.717, 1.165) is 10.7 Å². The first-order valence-corrected chi connectivity index (χ1v) is 8.21. The van der Waals surface area contributed by atoms with Gasteiger partial charge in [0.25, 0.3) is 5.91 Å². The lowest BCUT2D eigenvalue weighted by Crippen LogP contribution is -2.11. The van der Waals surface area contributed by atoms with Crippen LogP contribution in [0.4, 0.5) is 16.6 Å². The maximum atomic E-state index is 12.4. The largest absolute Gasteiger partial charge is 0.339 e. The van der Waals surface area contributed by atoms with Crippen LogP contribution in [-0.2, 0) is 0 Å². The number of benzene rings is 1. The zero-order chi connectivity index (χ0) is 16.9.